The summed E-state index contributed by atoms with van der Waals surface area (Å²) in [6.07, 6.45) is -95.4. The van der Waals surface area contributed by atoms with Gasteiger partial charge in [-0.05, 0) is 6.92 Å². The molecule has 0 aromatic heterocycles. The fraction of sp³-hybridized carbons (Fsp3) is 0.917. The van der Waals surface area contributed by atoms with Crippen molar-refractivity contribution in [3.63, 3.8) is 0 Å². The second-order valence-corrected chi connectivity index (χ2v) is 34.1. The summed E-state index contributed by atoms with van der Waals surface area (Å²) in [5, 5.41) is 288. The lowest BCUT2D eigenvalue weighted by Gasteiger charge is -2.52. The van der Waals surface area contributed by atoms with Crippen LogP contribution in [0.5, 0.6) is 0 Å². The number of hydrogen-bond donors (Lipinski definition) is 31. The first-order valence-electron chi connectivity index (χ1n) is 41.6. The smallest absolute Gasteiger partial charge is 0.394 e. The van der Waals surface area contributed by atoms with E-state index in [0.717, 1.165) is 41.5 Å². The van der Waals surface area contributed by atoms with Crippen LogP contribution in [0.1, 0.15) is 48.5 Å². The molecule has 0 aromatic rings. The summed E-state index contributed by atoms with van der Waals surface area (Å²) in [7, 11) is -5.45. The highest BCUT2D eigenvalue weighted by Gasteiger charge is 2.62. The summed E-state index contributed by atoms with van der Waals surface area (Å²) in [5.41, 5.74) is 0. The topological polar surface area (TPSA) is 899 Å². The zero-order chi connectivity index (χ0) is 97.6. The summed E-state index contributed by atoms with van der Waals surface area (Å²) >= 11 is 0. The Balaban J connectivity index is 1.07. The molecular formula is C72H120N6O53S. The maximum Gasteiger partial charge on any atom is 0.397 e. The third-order valence-corrected chi connectivity index (χ3v) is 23.8. The van der Waals surface area contributed by atoms with Gasteiger partial charge in [-0.1, -0.05) is 0 Å². The molecule has 0 bridgehead atoms. The average Bonchev–Trinajstić information content (AvgIpc) is 0.754. The van der Waals surface area contributed by atoms with Crippen molar-refractivity contribution in [3.8, 4) is 0 Å². The van der Waals surface area contributed by atoms with Gasteiger partial charge in [0.1, 0.15) is 238 Å². The molecule has 132 heavy (non-hydrogen) atoms. The molecule has 59 nitrogen and oxygen atoms in total. The van der Waals surface area contributed by atoms with Gasteiger partial charge in [0.15, 0.2) is 62.9 Å². The molecule has 10 aliphatic rings. The predicted molar refractivity (Wildman–Crippen MR) is 408 cm³/mol. The Morgan fingerprint density at radius 3 is 0.992 bits per heavy atom. The van der Waals surface area contributed by atoms with Crippen molar-refractivity contribution in [2.24, 2.45) is 0 Å². The van der Waals surface area contributed by atoms with Crippen molar-refractivity contribution in [2.45, 2.75) is 355 Å². The molecule has 6 amide bonds. The minimum Gasteiger partial charge on any atom is -0.394 e. The number of carbonyl (C=O) groups excluding carboxylic acids is 6. The van der Waals surface area contributed by atoms with Gasteiger partial charge >= 0.3 is 10.4 Å². The highest BCUT2D eigenvalue weighted by atomic mass is 32.3. The van der Waals surface area contributed by atoms with E-state index < -0.39 is 412 Å². The molecule has 31 N–H and O–H groups in total. The minimum absolute atomic E-state index is 0.841. The Morgan fingerprint density at radius 2 is 0.545 bits per heavy atom. The molecule has 0 radical (unpaired) electrons. The molecular weight excluding hydrogens is 1830 g/mol. The van der Waals surface area contributed by atoms with Crippen molar-refractivity contribution in [1.82, 2.24) is 31.9 Å². The van der Waals surface area contributed by atoms with Crippen molar-refractivity contribution in [3.05, 3.63) is 0 Å². The first kappa shape index (κ1) is 109. The largest absolute Gasteiger partial charge is 0.397 e. The third kappa shape index (κ3) is 25.6. The van der Waals surface area contributed by atoms with E-state index in [1.165, 1.54) is 6.92 Å². The van der Waals surface area contributed by atoms with Crippen LogP contribution < -0.4 is 31.9 Å². The second-order valence-electron chi connectivity index (χ2n) is 33.0. The van der Waals surface area contributed by atoms with E-state index in [4.69, 9.17) is 90.0 Å². The Kier molecular flexibility index (Phi) is 39.0. The van der Waals surface area contributed by atoms with Gasteiger partial charge < -0.3 is 244 Å². The summed E-state index contributed by atoms with van der Waals surface area (Å²) in [4.78, 5) is 76.9. The van der Waals surface area contributed by atoms with Gasteiger partial charge in [0.2, 0.25) is 35.4 Å². The van der Waals surface area contributed by atoms with Crippen molar-refractivity contribution in [2.75, 3.05) is 59.5 Å². The Morgan fingerprint density at radius 1 is 0.250 bits per heavy atom. The third-order valence-electron chi connectivity index (χ3n) is 23.4. The van der Waals surface area contributed by atoms with Crippen LogP contribution in [0.4, 0.5) is 0 Å². The number of hydrogen-bond acceptors (Lipinski definition) is 52. The van der Waals surface area contributed by atoms with Gasteiger partial charge in [-0.15, -0.1) is 0 Å². The van der Waals surface area contributed by atoms with Crippen LogP contribution in [0.2, 0.25) is 0 Å². The van der Waals surface area contributed by atoms with Gasteiger partial charge in [-0.25, -0.2) is 4.18 Å². The number of carbonyl (C=O) groups is 6. The molecule has 10 saturated heterocycles. The summed E-state index contributed by atoms with van der Waals surface area (Å²) in [6.45, 7) is -3.71. The van der Waals surface area contributed by atoms with E-state index in [1.54, 1.807) is 0 Å². The molecule has 10 aliphatic heterocycles. The minimum atomic E-state index is -5.45. The van der Waals surface area contributed by atoms with E-state index in [1.807, 2.05) is 0 Å². The lowest BCUT2D eigenvalue weighted by molar-refractivity contribution is -0.403. The molecule has 10 heterocycles. The maximum absolute atomic E-state index is 13.4. The fourth-order valence-corrected chi connectivity index (χ4v) is 16.9. The normalized spacial score (nSPS) is 46.8. The van der Waals surface area contributed by atoms with Crippen LogP contribution in [0.25, 0.3) is 0 Å². The Labute approximate surface area is 748 Å². The second kappa shape index (κ2) is 47.3. The summed E-state index contributed by atoms with van der Waals surface area (Å²) in [5.74, 6) is -5.69. The number of nitrogens with one attached hydrogen (secondary N) is 6. The molecule has 0 saturated carbocycles. The van der Waals surface area contributed by atoms with Crippen molar-refractivity contribution < 1.29 is 258 Å². The van der Waals surface area contributed by atoms with Gasteiger partial charge in [0.25, 0.3) is 0 Å². The van der Waals surface area contributed by atoms with Crippen LogP contribution >= 0.6 is 0 Å². The molecule has 0 unspecified atom stereocenters. The first-order valence-corrected chi connectivity index (χ1v) is 43.0. The Hall–Kier alpha value is -5.03. The zero-order valence-electron chi connectivity index (χ0n) is 71.3. The van der Waals surface area contributed by atoms with E-state index in [-0.39, 0.29) is 0 Å². The number of aliphatic hydroxyl groups excluding tert-OH is 24. The number of ether oxygens (including phenoxy) is 19. The van der Waals surface area contributed by atoms with Gasteiger partial charge in [-0.3, -0.25) is 33.3 Å². The Bertz CT molecular complexity index is 3840. The van der Waals surface area contributed by atoms with E-state index in [9.17, 15) is 164 Å². The fourth-order valence-electron chi connectivity index (χ4n) is 16.6. The van der Waals surface area contributed by atoms with Crippen LogP contribution in [0.15, 0.2) is 0 Å². The molecule has 0 spiro atoms. The van der Waals surface area contributed by atoms with Crippen LogP contribution in [0, 0.1) is 0 Å². The molecule has 0 aliphatic carbocycles. The van der Waals surface area contributed by atoms with E-state index >= 15 is 0 Å². The quantitative estimate of drug-likeness (QED) is 0.0262. The molecule has 0 aromatic carbocycles. The van der Waals surface area contributed by atoms with Crippen LogP contribution in [0.3, 0.4) is 0 Å². The lowest BCUT2D eigenvalue weighted by atomic mass is 9.93. The van der Waals surface area contributed by atoms with Crippen LogP contribution in [-0.2, 0) is 133 Å². The SMILES string of the molecule is CC(=O)N[C@@H]1[C@@H](O)[C@H](O[C@@H]2O[C@H](CO)[C@@H](O[C@@H]3O[C@H](CO[C@H]4O[C@H](CO[C@@H]5O[C@H](CO)[C@@H](O)[C@H](O)[C@H]5NC(C)=O)[C@@H](O)[C@H](O)[C@@H]4O[C@@H]4O[C@H](CO)[C@@H](O)[C@H](O)[C@H]4NC(C)=O)[C@@H](O)[C@H](O[C@H]4O[C@H](CO)[C@@H](O[C@@H]5O[C@H](CO)[C@@H](O)[C@H](O)[C@H]5NC(C)=O)[C@H](O)[C@@H]4O[C@@H]4O[C@H](COS(=O)(=O)O)[C@@H](O)[C@H](O)[C@H]4NC(C)=O)[C@@H]3O)[C@H](O)[C@H]2NC(C)=O)[C@@H](CO[C@@H]2O[C@@H](C)[C@@H](O)[C@H](O)[C@@H]2O)O[C@H]1O. The maximum atomic E-state index is 13.4. The van der Waals surface area contributed by atoms with Gasteiger partial charge in [-0.2, -0.15) is 8.42 Å². The highest BCUT2D eigenvalue weighted by Crippen LogP contribution is 2.41. The van der Waals surface area contributed by atoms with Crippen LogP contribution in [-0.4, -0.2) is 537 Å². The van der Waals surface area contributed by atoms with E-state index in [0.29, 0.717) is 0 Å². The number of rotatable bonds is 35. The predicted octanol–water partition coefficient (Wildman–Crippen LogP) is -21.1. The van der Waals surface area contributed by atoms with Gasteiger partial charge in [0, 0.05) is 41.5 Å². The molecule has 60 heteroatoms. The summed E-state index contributed by atoms with van der Waals surface area (Å²) in [6, 6.07) is -11.5. The van der Waals surface area contributed by atoms with Gasteiger partial charge in [0.05, 0.1) is 65.6 Å². The first-order chi connectivity index (χ1) is 62.1. The zero-order valence-corrected chi connectivity index (χ0v) is 72.1. The van der Waals surface area contributed by atoms with Crippen molar-refractivity contribution in [1.29, 1.82) is 0 Å². The molecule has 50 atom stereocenters. The summed E-state index contributed by atoms with van der Waals surface area (Å²) < 4.78 is 153. The molecule has 10 fully saturated rings. The average molecular weight is 1950 g/mol. The number of amides is 6. The van der Waals surface area contributed by atoms with E-state index in [2.05, 4.69) is 36.1 Å². The molecule has 10 rings (SSSR count). The monoisotopic (exact) mass is 1950 g/mol. The van der Waals surface area contributed by atoms with Crippen molar-refractivity contribution >= 4 is 45.8 Å². The highest BCUT2D eigenvalue weighted by molar-refractivity contribution is 7.80. The standard InChI is InChI=1S/C72H120N6O53S/c1-17-39(90)52(103)54(105)69(116-17)113-15-32-59(50(101)33(63(108)117-32)73-18(2)84)127-68-38(78-23(7)89)51(102)57(27(11-82)121-68)128-70-56(107)60(129-72-62(131-67-37(77-22(6)88)49(100)43(94)31(123-67)16-115-132(109,110)111)55(106)58(28(12-83)122-72)126-65-35(75-20(4)86)47(98)41(92)25(9-80)119-65)45(96)30(124-70)14-114-71-61(130-66-36(76-21(5)87)48(99)42(93)26(10-81)120-66)53(104)44(95)29(125-71)13-112-64-34(74-19(3)85)46(97)40(91)24(8-79)118-64/h17,24-72,79-83,90-108H,8-16H2,1-7H3,(H,73,84)(H,74,85)(H,75,86)(H,76,87)(H,77,88)(H,78,89)(H,109,110,111)/t17-,24+,25+,26+,27+,28+,29+,30+,31+,32+,33+,34+,35+,36+,37+,38+,39+,40+,41+,42+,43+,44+,45+,46+,47+,48+,49+,50+,51+,52-,53-,54-,55-,56-,57+,58+,59+,60-,61-,62-,63+,64+,65-,66-,67-,68-,69+,70-,71-,72+/m0/s1. The molecule has 762 valence electrons. The number of aliphatic hydroxyl groups is 24. The lowest BCUT2D eigenvalue weighted by Crippen LogP contribution is -2.71.